The minimum Gasteiger partial charge on any atom is -0.355 e. The van der Waals surface area contributed by atoms with Gasteiger partial charge in [0.25, 0.3) is 0 Å². The molecule has 0 spiro atoms. The molecule has 1 unspecified atom stereocenters. The van der Waals surface area contributed by atoms with Crippen LogP contribution in [0.3, 0.4) is 0 Å². The lowest BCUT2D eigenvalue weighted by atomic mass is 10.1. The quantitative estimate of drug-likeness (QED) is 0.491. The van der Waals surface area contributed by atoms with E-state index in [4.69, 9.17) is 0 Å². The first-order chi connectivity index (χ1) is 14.9. The van der Waals surface area contributed by atoms with Crippen LogP contribution < -0.4 is 11.0 Å². The standard InChI is InChI=1S/C22H23F2N5O2/c1-14(20-26-15-7-3-4-8-16(15)29(20)21(23)24)13-25-19(30)11-12-28-18-10-6-5-9-17(18)27(2)22(28)31/h3-10,14,21H,11-13H2,1-2H3,(H,25,30). The Kier molecular flexibility index (Phi) is 5.58. The smallest absolute Gasteiger partial charge is 0.328 e. The molecule has 1 N–H and O–H groups in total. The lowest BCUT2D eigenvalue weighted by Gasteiger charge is -2.15. The molecule has 1 amide bonds. The molecule has 0 radical (unpaired) electrons. The molecule has 7 nitrogen and oxygen atoms in total. The van der Waals surface area contributed by atoms with E-state index in [1.807, 2.05) is 24.3 Å². The van der Waals surface area contributed by atoms with Crippen LogP contribution in [-0.2, 0) is 18.4 Å². The molecule has 0 aliphatic rings. The number of aromatic nitrogens is 4. The molecule has 2 aromatic heterocycles. The van der Waals surface area contributed by atoms with Crippen molar-refractivity contribution in [2.75, 3.05) is 6.54 Å². The fourth-order valence-electron chi connectivity index (χ4n) is 3.86. The SMILES string of the molecule is CC(CNC(=O)CCn1c(=O)n(C)c2ccccc21)c1nc2ccccc2n1C(F)F. The van der Waals surface area contributed by atoms with Crippen LogP contribution in [0, 0.1) is 0 Å². The van der Waals surface area contributed by atoms with Crippen LogP contribution in [0.25, 0.3) is 22.1 Å². The minimum atomic E-state index is -2.72. The second kappa shape index (κ2) is 8.33. The summed E-state index contributed by atoms with van der Waals surface area (Å²) in [6, 6.07) is 14.1. The van der Waals surface area contributed by atoms with Crippen LogP contribution >= 0.6 is 0 Å². The fraction of sp³-hybridized carbons (Fsp3) is 0.318. The Morgan fingerprint density at radius 1 is 1.06 bits per heavy atom. The van der Waals surface area contributed by atoms with E-state index in [0.29, 0.717) is 11.0 Å². The van der Waals surface area contributed by atoms with E-state index < -0.39 is 12.5 Å². The number of para-hydroxylation sites is 4. The predicted molar refractivity (Wildman–Crippen MR) is 114 cm³/mol. The van der Waals surface area contributed by atoms with Gasteiger partial charge in [0.2, 0.25) is 5.91 Å². The largest absolute Gasteiger partial charge is 0.355 e. The van der Waals surface area contributed by atoms with Gasteiger partial charge < -0.3 is 5.32 Å². The summed E-state index contributed by atoms with van der Waals surface area (Å²) >= 11 is 0. The van der Waals surface area contributed by atoms with Gasteiger partial charge in [0, 0.05) is 32.5 Å². The van der Waals surface area contributed by atoms with Crippen LogP contribution in [-0.4, -0.2) is 31.1 Å². The number of hydrogen-bond donors (Lipinski definition) is 1. The number of rotatable bonds is 7. The van der Waals surface area contributed by atoms with E-state index in [0.717, 1.165) is 15.6 Å². The number of carbonyl (C=O) groups excluding carboxylic acids is 1. The van der Waals surface area contributed by atoms with E-state index in [-0.39, 0.29) is 36.9 Å². The van der Waals surface area contributed by atoms with Gasteiger partial charge in [-0.25, -0.2) is 9.78 Å². The normalized spacial score (nSPS) is 12.7. The highest BCUT2D eigenvalue weighted by Gasteiger charge is 2.22. The van der Waals surface area contributed by atoms with Crippen LogP contribution in [0.5, 0.6) is 0 Å². The number of nitrogens with zero attached hydrogens (tertiary/aromatic N) is 4. The van der Waals surface area contributed by atoms with Gasteiger partial charge in [-0.15, -0.1) is 0 Å². The summed E-state index contributed by atoms with van der Waals surface area (Å²) in [7, 11) is 1.69. The first-order valence-corrected chi connectivity index (χ1v) is 10.0. The predicted octanol–water partition coefficient (Wildman–Crippen LogP) is 3.39. The topological polar surface area (TPSA) is 73.8 Å². The number of alkyl halides is 2. The molecule has 0 aliphatic heterocycles. The maximum absolute atomic E-state index is 13.6. The number of nitrogens with one attached hydrogen (secondary N) is 1. The van der Waals surface area contributed by atoms with Gasteiger partial charge in [-0.05, 0) is 24.3 Å². The highest BCUT2D eigenvalue weighted by atomic mass is 19.3. The second-order valence-electron chi connectivity index (χ2n) is 7.54. The number of carbonyl (C=O) groups is 1. The Labute approximate surface area is 176 Å². The Bertz CT molecular complexity index is 1300. The van der Waals surface area contributed by atoms with Crippen molar-refractivity contribution >= 4 is 28.0 Å². The van der Waals surface area contributed by atoms with Gasteiger partial charge in [-0.2, -0.15) is 8.78 Å². The van der Waals surface area contributed by atoms with Crippen LogP contribution in [0.4, 0.5) is 8.78 Å². The summed E-state index contributed by atoms with van der Waals surface area (Å²) in [6.07, 6.45) is 0.103. The van der Waals surface area contributed by atoms with E-state index >= 15 is 0 Å². The lowest BCUT2D eigenvalue weighted by Crippen LogP contribution is -2.31. The van der Waals surface area contributed by atoms with E-state index in [9.17, 15) is 18.4 Å². The number of amides is 1. The molecule has 0 saturated carbocycles. The minimum absolute atomic E-state index is 0.103. The lowest BCUT2D eigenvalue weighted by molar-refractivity contribution is -0.121. The molecular formula is C22H23F2N5O2. The Morgan fingerprint density at radius 2 is 1.71 bits per heavy atom. The zero-order valence-corrected chi connectivity index (χ0v) is 17.3. The van der Waals surface area contributed by atoms with E-state index in [1.54, 1.807) is 47.4 Å². The Morgan fingerprint density at radius 3 is 2.42 bits per heavy atom. The molecule has 0 bridgehead atoms. The summed E-state index contributed by atoms with van der Waals surface area (Å²) in [5, 5.41) is 2.78. The fourth-order valence-corrected chi connectivity index (χ4v) is 3.86. The van der Waals surface area contributed by atoms with Crippen molar-refractivity contribution in [3.63, 3.8) is 0 Å². The van der Waals surface area contributed by atoms with Gasteiger partial charge >= 0.3 is 12.2 Å². The van der Waals surface area contributed by atoms with Crippen LogP contribution in [0.15, 0.2) is 53.3 Å². The number of imidazole rings is 2. The summed E-state index contributed by atoms with van der Waals surface area (Å²) in [6.45, 7) is -0.580. The molecule has 2 heterocycles. The molecule has 162 valence electrons. The van der Waals surface area contributed by atoms with Crippen molar-refractivity contribution < 1.29 is 13.6 Å². The monoisotopic (exact) mass is 427 g/mol. The number of hydrogen-bond acceptors (Lipinski definition) is 3. The Balaban J connectivity index is 1.43. The average Bonchev–Trinajstić information content (AvgIpc) is 3.27. The zero-order valence-electron chi connectivity index (χ0n) is 17.3. The molecule has 2 aromatic carbocycles. The van der Waals surface area contributed by atoms with Gasteiger partial charge in [-0.1, -0.05) is 31.2 Å². The average molecular weight is 427 g/mol. The molecule has 0 aliphatic carbocycles. The van der Waals surface area contributed by atoms with Crippen molar-refractivity contribution in [3.8, 4) is 0 Å². The summed E-state index contributed by atoms with van der Waals surface area (Å²) in [4.78, 5) is 29.2. The van der Waals surface area contributed by atoms with Crippen LogP contribution in [0.1, 0.15) is 31.6 Å². The van der Waals surface area contributed by atoms with Crippen molar-refractivity contribution in [2.24, 2.45) is 7.05 Å². The van der Waals surface area contributed by atoms with Crippen LogP contribution in [0.2, 0.25) is 0 Å². The Hall–Kier alpha value is -3.49. The first-order valence-electron chi connectivity index (χ1n) is 10.0. The van der Waals surface area contributed by atoms with Gasteiger partial charge in [0.1, 0.15) is 5.82 Å². The maximum atomic E-state index is 13.6. The maximum Gasteiger partial charge on any atom is 0.328 e. The highest BCUT2D eigenvalue weighted by Crippen LogP contribution is 2.27. The first kappa shape index (κ1) is 20.8. The van der Waals surface area contributed by atoms with E-state index in [2.05, 4.69) is 10.3 Å². The summed E-state index contributed by atoms with van der Waals surface area (Å²) < 4.78 is 31.3. The van der Waals surface area contributed by atoms with Crippen molar-refractivity contribution in [1.29, 1.82) is 0 Å². The molecule has 1 atom stereocenters. The molecule has 4 rings (SSSR count). The molecule has 31 heavy (non-hydrogen) atoms. The molecule has 0 saturated heterocycles. The van der Waals surface area contributed by atoms with Crippen molar-refractivity contribution in [2.45, 2.75) is 32.4 Å². The van der Waals surface area contributed by atoms with Gasteiger partial charge in [0.15, 0.2) is 0 Å². The molecule has 0 fully saturated rings. The molecular weight excluding hydrogens is 404 g/mol. The van der Waals surface area contributed by atoms with Crippen molar-refractivity contribution in [3.05, 3.63) is 64.8 Å². The summed E-state index contributed by atoms with van der Waals surface area (Å²) in [5.41, 5.74) is 2.23. The third-order valence-corrected chi connectivity index (χ3v) is 5.48. The number of benzene rings is 2. The highest BCUT2D eigenvalue weighted by molar-refractivity contribution is 5.78. The summed E-state index contributed by atoms with van der Waals surface area (Å²) in [5.74, 6) is -0.446. The van der Waals surface area contributed by atoms with Crippen molar-refractivity contribution in [1.82, 2.24) is 24.0 Å². The van der Waals surface area contributed by atoms with E-state index in [1.165, 1.54) is 0 Å². The number of halogens is 2. The molecule has 9 heteroatoms. The third kappa shape index (κ3) is 3.83. The number of fused-ring (bicyclic) bond motifs is 2. The molecule has 4 aromatic rings. The number of aryl methyl sites for hydroxylation is 2. The second-order valence-corrected chi connectivity index (χ2v) is 7.54. The zero-order chi connectivity index (χ0) is 22.1. The van der Waals surface area contributed by atoms with Gasteiger partial charge in [-0.3, -0.25) is 18.5 Å². The third-order valence-electron chi connectivity index (χ3n) is 5.48. The van der Waals surface area contributed by atoms with Gasteiger partial charge in [0.05, 0.1) is 22.1 Å².